The zero-order valence-electron chi connectivity index (χ0n) is 10.1. The predicted octanol–water partition coefficient (Wildman–Crippen LogP) is 2.64. The van der Waals surface area contributed by atoms with Gasteiger partial charge in [-0.3, -0.25) is 11.3 Å². The molecule has 1 unspecified atom stereocenters. The lowest BCUT2D eigenvalue weighted by Crippen LogP contribution is -2.47. The van der Waals surface area contributed by atoms with E-state index in [2.05, 4.69) is 42.7 Å². The SMILES string of the molecule is CC1(C(Cc2ccccc2)NN)CCCC1. The molecule has 0 saturated heterocycles. The van der Waals surface area contributed by atoms with E-state index in [1.807, 2.05) is 0 Å². The minimum atomic E-state index is 0.380. The Morgan fingerprint density at radius 3 is 2.44 bits per heavy atom. The van der Waals surface area contributed by atoms with Gasteiger partial charge in [-0.1, -0.05) is 50.1 Å². The van der Waals surface area contributed by atoms with Crippen LogP contribution in [0.5, 0.6) is 0 Å². The van der Waals surface area contributed by atoms with Crippen molar-refractivity contribution in [3.8, 4) is 0 Å². The molecular weight excluding hydrogens is 196 g/mol. The largest absolute Gasteiger partial charge is 0.271 e. The van der Waals surface area contributed by atoms with Crippen LogP contribution in [-0.2, 0) is 6.42 Å². The van der Waals surface area contributed by atoms with Crippen LogP contribution in [0.25, 0.3) is 0 Å². The summed E-state index contributed by atoms with van der Waals surface area (Å²) in [4.78, 5) is 0. The maximum absolute atomic E-state index is 5.74. The van der Waals surface area contributed by atoms with Crippen molar-refractivity contribution in [3.63, 3.8) is 0 Å². The van der Waals surface area contributed by atoms with E-state index >= 15 is 0 Å². The third-order valence-electron chi connectivity index (χ3n) is 4.07. The third-order valence-corrected chi connectivity index (χ3v) is 4.07. The molecule has 1 atom stereocenters. The van der Waals surface area contributed by atoms with Crippen molar-refractivity contribution in [1.29, 1.82) is 0 Å². The first-order valence-corrected chi connectivity index (χ1v) is 6.25. The monoisotopic (exact) mass is 218 g/mol. The van der Waals surface area contributed by atoms with Crippen molar-refractivity contribution in [2.75, 3.05) is 0 Å². The van der Waals surface area contributed by atoms with E-state index in [9.17, 15) is 0 Å². The van der Waals surface area contributed by atoms with Crippen LogP contribution in [0.15, 0.2) is 30.3 Å². The second-order valence-corrected chi connectivity index (χ2v) is 5.27. The van der Waals surface area contributed by atoms with Gasteiger partial charge in [-0.15, -0.1) is 0 Å². The molecule has 0 aliphatic heterocycles. The van der Waals surface area contributed by atoms with Crippen LogP contribution in [0.2, 0.25) is 0 Å². The highest BCUT2D eigenvalue weighted by atomic mass is 15.2. The van der Waals surface area contributed by atoms with Crippen molar-refractivity contribution < 1.29 is 0 Å². The normalized spacial score (nSPS) is 20.9. The van der Waals surface area contributed by atoms with Gasteiger partial charge in [0.2, 0.25) is 0 Å². The molecule has 0 radical (unpaired) electrons. The molecule has 16 heavy (non-hydrogen) atoms. The molecule has 1 aromatic rings. The highest BCUT2D eigenvalue weighted by molar-refractivity contribution is 5.16. The van der Waals surface area contributed by atoms with E-state index in [0.29, 0.717) is 11.5 Å². The van der Waals surface area contributed by atoms with Gasteiger partial charge in [0, 0.05) is 6.04 Å². The minimum Gasteiger partial charge on any atom is -0.271 e. The van der Waals surface area contributed by atoms with Gasteiger partial charge in [0.1, 0.15) is 0 Å². The van der Waals surface area contributed by atoms with Gasteiger partial charge in [0.05, 0.1) is 0 Å². The maximum Gasteiger partial charge on any atom is 0.0304 e. The van der Waals surface area contributed by atoms with Crippen molar-refractivity contribution in [2.24, 2.45) is 11.3 Å². The number of hydrogen-bond donors (Lipinski definition) is 2. The molecule has 1 fully saturated rings. The number of hydrogen-bond acceptors (Lipinski definition) is 2. The summed E-state index contributed by atoms with van der Waals surface area (Å²) in [5, 5.41) is 0. The molecule has 0 aromatic heterocycles. The van der Waals surface area contributed by atoms with Gasteiger partial charge < -0.3 is 0 Å². The molecule has 0 heterocycles. The Balaban J connectivity index is 2.06. The first-order chi connectivity index (χ1) is 7.74. The number of rotatable bonds is 4. The van der Waals surface area contributed by atoms with Crippen LogP contribution in [0.3, 0.4) is 0 Å². The molecule has 1 saturated carbocycles. The van der Waals surface area contributed by atoms with Crippen molar-refractivity contribution in [3.05, 3.63) is 35.9 Å². The summed E-state index contributed by atoms with van der Waals surface area (Å²) in [5.74, 6) is 5.74. The highest BCUT2D eigenvalue weighted by Gasteiger charge is 2.36. The number of nitrogens with two attached hydrogens (primary N) is 1. The summed E-state index contributed by atoms with van der Waals surface area (Å²) >= 11 is 0. The Hall–Kier alpha value is -0.860. The first-order valence-electron chi connectivity index (χ1n) is 6.25. The van der Waals surface area contributed by atoms with Crippen molar-refractivity contribution in [2.45, 2.75) is 45.1 Å². The van der Waals surface area contributed by atoms with Crippen molar-refractivity contribution >= 4 is 0 Å². The average molecular weight is 218 g/mol. The molecule has 0 bridgehead atoms. The molecule has 2 heteroatoms. The Morgan fingerprint density at radius 2 is 1.88 bits per heavy atom. The molecule has 0 spiro atoms. The van der Waals surface area contributed by atoms with Gasteiger partial charge in [0.15, 0.2) is 0 Å². The van der Waals surface area contributed by atoms with E-state index in [1.165, 1.54) is 31.2 Å². The van der Waals surface area contributed by atoms with E-state index in [0.717, 1.165) is 6.42 Å². The molecule has 1 aliphatic carbocycles. The molecule has 88 valence electrons. The van der Waals surface area contributed by atoms with Gasteiger partial charge in [-0.25, -0.2) is 0 Å². The molecule has 2 rings (SSSR count). The predicted molar refractivity (Wildman–Crippen MR) is 67.8 cm³/mol. The number of nitrogens with one attached hydrogen (secondary N) is 1. The maximum atomic E-state index is 5.74. The van der Waals surface area contributed by atoms with Crippen LogP contribution in [0, 0.1) is 5.41 Å². The fraction of sp³-hybridized carbons (Fsp3) is 0.571. The summed E-state index contributed by atoms with van der Waals surface area (Å²) in [7, 11) is 0. The number of benzene rings is 1. The second kappa shape index (κ2) is 4.98. The Morgan fingerprint density at radius 1 is 1.25 bits per heavy atom. The van der Waals surface area contributed by atoms with Gasteiger partial charge >= 0.3 is 0 Å². The van der Waals surface area contributed by atoms with Crippen LogP contribution >= 0.6 is 0 Å². The standard InChI is InChI=1S/C14H22N2/c1-14(9-5-6-10-14)13(16-15)11-12-7-3-2-4-8-12/h2-4,7-8,13,16H,5-6,9-11,15H2,1H3. The average Bonchev–Trinajstić information content (AvgIpc) is 2.75. The van der Waals surface area contributed by atoms with Crippen molar-refractivity contribution in [1.82, 2.24) is 5.43 Å². The van der Waals surface area contributed by atoms with E-state index in [-0.39, 0.29) is 0 Å². The summed E-state index contributed by atoms with van der Waals surface area (Å²) in [6.07, 6.45) is 6.34. The smallest absolute Gasteiger partial charge is 0.0304 e. The van der Waals surface area contributed by atoms with E-state index < -0.39 is 0 Å². The van der Waals surface area contributed by atoms with Crippen LogP contribution in [0.1, 0.15) is 38.2 Å². The molecule has 0 amide bonds. The van der Waals surface area contributed by atoms with Crippen LogP contribution in [-0.4, -0.2) is 6.04 Å². The van der Waals surface area contributed by atoms with Crippen LogP contribution in [0.4, 0.5) is 0 Å². The lowest BCUT2D eigenvalue weighted by atomic mass is 9.78. The minimum absolute atomic E-state index is 0.380. The van der Waals surface area contributed by atoms with Gasteiger partial charge in [-0.2, -0.15) is 0 Å². The van der Waals surface area contributed by atoms with E-state index in [4.69, 9.17) is 5.84 Å². The molecule has 1 aromatic carbocycles. The fourth-order valence-corrected chi connectivity index (χ4v) is 2.89. The van der Waals surface area contributed by atoms with Crippen LogP contribution < -0.4 is 11.3 Å². The number of hydrazine groups is 1. The third kappa shape index (κ3) is 2.45. The Labute approximate surface area is 98.2 Å². The fourth-order valence-electron chi connectivity index (χ4n) is 2.89. The summed E-state index contributed by atoms with van der Waals surface area (Å²) in [6, 6.07) is 11.0. The zero-order valence-corrected chi connectivity index (χ0v) is 10.1. The van der Waals surface area contributed by atoms with Gasteiger partial charge in [0.25, 0.3) is 0 Å². The highest BCUT2D eigenvalue weighted by Crippen LogP contribution is 2.41. The second-order valence-electron chi connectivity index (χ2n) is 5.27. The quantitative estimate of drug-likeness (QED) is 0.602. The molecule has 1 aliphatic rings. The topological polar surface area (TPSA) is 38.0 Å². The van der Waals surface area contributed by atoms with Gasteiger partial charge in [-0.05, 0) is 30.2 Å². The Kier molecular flexibility index (Phi) is 3.62. The van der Waals surface area contributed by atoms with E-state index in [1.54, 1.807) is 0 Å². The summed E-state index contributed by atoms with van der Waals surface area (Å²) < 4.78 is 0. The molecule has 3 N–H and O–H groups in total. The summed E-state index contributed by atoms with van der Waals surface area (Å²) in [5.41, 5.74) is 4.79. The molecular formula is C14H22N2. The first kappa shape index (κ1) is 11.6. The molecule has 2 nitrogen and oxygen atoms in total. The lowest BCUT2D eigenvalue weighted by molar-refractivity contribution is 0.221. The zero-order chi connectivity index (χ0) is 11.4. The Bertz CT molecular complexity index is 315. The lowest BCUT2D eigenvalue weighted by Gasteiger charge is -2.33. The summed E-state index contributed by atoms with van der Waals surface area (Å²) in [6.45, 7) is 2.37.